The lowest BCUT2D eigenvalue weighted by atomic mass is 9.90. The SMILES string of the molecule is NC(=O)c1cc(C(=O)N2CCC(Cc3ccc(F)c(F)c3)CC2)c[nH]1. The van der Waals surface area contributed by atoms with E-state index in [1.54, 1.807) is 11.0 Å². The van der Waals surface area contributed by atoms with E-state index in [1.807, 2.05) is 0 Å². The smallest absolute Gasteiger partial charge is 0.265 e. The van der Waals surface area contributed by atoms with Gasteiger partial charge in [-0.2, -0.15) is 0 Å². The van der Waals surface area contributed by atoms with E-state index in [0.717, 1.165) is 24.5 Å². The molecule has 0 unspecified atom stereocenters. The van der Waals surface area contributed by atoms with Crippen LogP contribution < -0.4 is 5.73 Å². The molecule has 3 N–H and O–H groups in total. The summed E-state index contributed by atoms with van der Waals surface area (Å²) >= 11 is 0. The first-order valence-corrected chi connectivity index (χ1v) is 8.15. The summed E-state index contributed by atoms with van der Waals surface area (Å²) < 4.78 is 26.3. The molecule has 5 nitrogen and oxygen atoms in total. The summed E-state index contributed by atoms with van der Waals surface area (Å²) in [6, 6.07) is 5.43. The fraction of sp³-hybridized carbons (Fsp3) is 0.333. The molecule has 3 rings (SSSR count). The van der Waals surface area contributed by atoms with Crippen molar-refractivity contribution in [2.24, 2.45) is 11.7 Å². The van der Waals surface area contributed by atoms with E-state index in [4.69, 9.17) is 5.73 Å². The van der Waals surface area contributed by atoms with Crippen LogP contribution in [0.15, 0.2) is 30.5 Å². The van der Waals surface area contributed by atoms with E-state index in [1.165, 1.54) is 18.3 Å². The Bertz CT molecular complexity index is 795. The number of hydrogen-bond donors (Lipinski definition) is 2. The summed E-state index contributed by atoms with van der Waals surface area (Å²) in [5.74, 6) is -2.10. The fourth-order valence-corrected chi connectivity index (χ4v) is 3.18. The van der Waals surface area contributed by atoms with Crippen molar-refractivity contribution in [3.8, 4) is 0 Å². The molecule has 25 heavy (non-hydrogen) atoms. The van der Waals surface area contributed by atoms with Gasteiger partial charge in [0.05, 0.1) is 5.56 Å². The van der Waals surface area contributed by atoms with Crippen LogP contribution in [0.5, 0.6) is 0 Å². The average molecular weight is 347 g/mol. The van der Waals surface area contributed by atoms with Crippen LogP contribution in [-0.4, -0.2) is 34.8 Å². The first-order valence-electron chi connectivity index (χ1n) is 8.15. The number of benzene rings is 1. The normalized spacial score (nSPS) is 15.4. The largest absolute Gasteiger partial charge is 0.364 e. The summed E-state index contributed by atoms with van der Waals surface area (Å²) in [6.07, 6.45) is 3.72. The van der Waals surface area contributed by atoms with Crippen molar-refractivity contribution in [3.63, 3.8) is 0 Å². The van der Waals surface area contributed by atoms with Crippen LogP contribution >= 0.6 is 0 Å². The number of rotatable bonds is 4. The maximum atomic E-state index is 13.3. The van der Waals surface area contributed by atoms with Crippen LogP contribution in [0.1, 0.15) is 39.3 Å². The molecule has 0 atom stereocenters. The maximum absolute atomic E-state index is 13.3. The van der Waals surface area contributed by atoms with Crippen LogP contribution in [0.2, 0.25) is 0 Å². The standard InChI is InChI=1S/C18H19F2N3O2/c19-14-2-1-12(8-15(14)20)7-11-3-5-23(6-4-11)18(25)13-9-16(17(21)24)22-10-13/h1-2,8-11,22H,3-7H2,(H2,21,24). The molecule has 0 radical (unpaired) electrons. The van der Waals surface area contributed by atoms with Crippen molar-refractivity contribution in [2.75, 3.05) is 13.1 Å². The third kappa shape index (κ3) is 3.87. The second-order valence-corrected chi connectivity index (χ2v) is 6.35. The van der Waals surface area contributed by atoms with Gasteiger partial charge in [-0.05, 0) is 48.9 Å². The fourth-order valence-electron chi connectivity index (χ4n) is 3.18. The molecule has 1 aliphatic heterocycles. The van der Waals surface area contributed by atoms with Crippen molar-refractivity contribution >= 4 is 11.8 Å². The highest BCUT2D eigenvalue weighted by Crippen LogP contribution is 2.23. The van der Waals surface area contributed by atoms with Gasteiger partial charge in [0.25, 0.3) is 11.8 Å². The van der Waals surface area contributed by atoms with E-state index in [-0.39, 0.29) is 11.6 Å². The highest BCUT2D eigenvalue weighted by molar-refractivity contribution is 5.98. The lowest BCUT2D eigenvalue weighted by Crippen LogP contribution is -2.38. The van der Waals surface area contributed by atoms with Gasteiger partial charge in [-0.1, -0.05) is 6.07 Å². The average Bonchev–Trinajstić information content (AvgIpc) is 3.09. The van der Waals surface area contributed by atoms with Gasteiger partial charge in [0.2, 0.25) is 0 Å². The number of aromatic nitrogens is 1. The summed E-state index contributed by atoms with van der Waals surface area (Å²) in [4.78, 5) is 28.0. The number of piperidine rings is 1. The van der Waals surface area contributed by atoms with Crippen molar-refractivity contribution in [1.82, 2.24) is 9.88 Å². The van der Waals surface area contributed by atoms with Gasteiger partial charge in [0.1, 0.15) is 5.69 Å². The highest BCUT2D eigenvalue weighted by atomic mass is 19.2. The number of primary amides is 1. The van der Waals surface area contributed by atoms with Crippen molar-refractivity contribution in [2.45, 2.75) is 19.3 Å². The van der Waals surface area contributed by atoms with E-state index >= 15 is 0 Å². The van der Waals surface area contributed by atoms with E-state index in [0.29, 0.717) is 31.0 Å². The van der Waals surface area contributed by atoms with Gasteiger partial charge in [-0.3, -0.25) is 9.59 Å². The minimum absolute atomic E-state index is 0.143. The van der Waals surface area contributed by atoms with Crippen LogP contribution in [0.3, 0.4) is 0 Å². The van der Waals surface area contributed by atoms with Gasteiger partial charge in [0, 0.05) is 19.3 Å². The van der Waals surface area contributed by atoms with Crippen LogP contribution in [0, 0.1) is 17.6 Å². The lowest BCUT2D eigenvalue weighted by molar-refractivity contribution is 0.0690. The molecular formula is C18H19F2N3O2. The van der Waals surface area contributed by atoms with Gasteiger partial charge in [-0.15, -0.1) is 0 Å². The van der Waals surface area contributed by atoms with E-state index < -0.39 is 17.5 Å². The van der Waals surface area contributed by atoms with E-state index in [9.17, 15) is 18.4 Å². The molecule has 7 heteroatoms. The number of carbonyl (C=O) groups excluding carboxylic acids is 2. The molecule has 0 aliphatic carbocycles. The second-order valence-electron chi connectivity index (χ2n) is 6.35. The Morgan fingerprint density at radius 3 is 2.48 bits per heavy atom. The van der Waals surface area contributed by atoms with Gasteiger partial charge < -0.3 is 15.6 Å². The highest BCUT2D eigenvalue weighted by Gasteiger charge is 2.25. The molecule has 2 aromatic rings. The Morgan fingerprint density at radius 2 is 1.88 bits per heavy atom. The predicted octanol–water partition coefficient (Wildman–Crippen LogP) is 2.49. The topological polar surface area (TPSA) is 79.2 Å². The van der Waals surface area contributed by atoms with Crippen molar-refractivity contribution in [1.29, 1.82) is 0 Å². The number of nitrogens with zero attached hydrogens (tertiary/aromatic N) is 1. The molecule has 0 bridgehead atoms. The van der Waals surface area contributed by atoms with Crippen LogP contribution in [-0.2, 0) is 6.42 Å². The first kappa shape index (κ1) is 17.1. The Kier molecular flexibility index (Phi) is 4.83. The zero-order valence-electron chi connectivity index (χ0n) is 13.6. The molecular weight excluding hydrogens is 328 g/mol. The zero-order valence-corrected chi connectivity index (χ0v) is 13.6. The Labute approximate surface area is 143 Å². The molecule has 2 amide bonds. The van der Waals surface area contributed by atoms with Crippen LogP contribution in [0.4, 0.5) is 8.78 Å². The minimum Gasteiger partial charge on any atom is -0.364 e. The molecule has 1 aromatic heterocycles. The number of nitrogens with two attached hydrogens (primary N) is 1. The molecule has 0 spiro atoms. The summed E-state index contributed by atoms with van der Waals surface area (Å²) in [5.41, 5.74) is 6.55. The number of nitrogens with one attached hydrogen (secondary N) is 1. The predicted molar refractivity (Wildman–Crippen MR) is 88.0 cm³/mol. The summed E-state index contributed by atoms with van der Waals surface area (Å²) in [5, 5.41) is 0. The molecule has 2 heterocycles. The molecule has 1 fully saturated rings. The number of H-pyrrole nitrogens is 1. The summed E-state index contributed by atoms with van der Waals surface area (Å²) in [7, 11) is 0. The molecule has 1 saturated heterocycles. The zero-order chi connectivity index (χ0) is 18.0. The molecule has 1 aliphatic rings. The van der Waals surface area contributed by atoms with E-state index in [2.05, 4.69) is 4.98 Å². The molecule has 132 valence electrons. The number of aromatic amines is 1. The maximum Gasteiger partial charge on any atom is 0.265 e. The third-order valence-electron chi connectivity index (χ3n) is 4.61. The number of amides is 2. The Hall–Kier alpha value is -2.70. The number of hydrogen-bond acceptors (Lipinski definition) is 2. The number of halogens is 2. The Morgan fingerprint density at radius 1 is 1.16 bits per heavy atom. The first-order chi connectivity index (χ1) is 11.9. The van der Waals surface area contributed by atoms with Gasteiger partial charge in [-0.25, -0.2) is 8.78 Å². The van der Waals surface area contributed by atoms with Crippen molar-refractivity contribution < 1.29 is 18.4 Å². The molecule has 1 aromatic carbocycles. The van der Waals surface area contributed by atoms with Gasteiger partial charge in [0.15, 0.2) is 11.6 Å². The monoisotopic (exact) mass is 347 g/mol. The molecule has 0 saturated carbocycles. The minimum atomic E-state index is -0.842. The third-order valence-corrected chi connectivity index (χ3v) is 4.61. The number of likely N-dealkylation sites (tertiary alicyclic amines) is 1. The van der Waals surface area contributed by atoms with Crippen LogP contribution in [0.25, 0.3) is 0 Å². The van der Waals surface area contributed by atoms with Gasteiger partial charge >= 0.3 is 0 Å². The Balaban J connectivity index is 1.56. The summed E-state index contributed by atoms with van der Waals surface area (Å²) in [6.45, 7) is 1.18. The quantitative estimate of drug-likeness (QED) is 0.891. The second kappa shape index (κ2) is 7.04. The van der Waals surface area contributed by atoms with Crippen molar-refractivity contribution in [3.05, 3.63) is 58.9 Å². The lowest BCUT2D eigenvalue weighted by Gasteiger charge is -2.32. The number of carbonyl (C=O) groups is 2.